The number of carbonyl (C=O) groups is 6. The number of likely N-dealkylation sites (N-methyl/N-ethyl adjacent to an activating group) is 1. The van der Waals surface area contributed by atoms with Crippen LogP contribution in [0.15, 0.2) is 64.3 Å². The van der Waals surface area contributed by atoms with Crippen molar-refractivity contribution in [2.24, 2.45) is 5.73 Å². The molecule has 8 atom stereocenters. The Morgan fingerprint density at radius 2 is 1.63 bits per heavy atom. The van der Waals surface area contributed by atoms with Crippen LogP contribution in [0.2, 0.25) is 0 Å². The van der Waals surface area contributed by atoms with E-state index in [0.29, 0.717) is 5.56 Å². The quantitative estimate of drug-likeness (QED) is 0.0881. The molecule has 3 aromatic rings. The number of H-pyrrole nitrogens is 2. The van der Waals surface area contributed by atoms with Crippen molar-refractivity contribution < 1.29 is 67.1 Å². The molecule has 1 aliphatic rings. The van der Waals surface area contributed by atoms with E-state index in [0.717, 1.165) is 38.8 Å². The molecule has 25 heteroatoms. The number of carboxylic acids is 2. The van der Waals surface area contributed by atoms with Crippen LogP contribution in [-0.4, -0.2) is 131 Å². The van der Waals surface area contributed by atoms with Crippen molar-refractivity contribution in [2.75, 3.05) is 7.05 Å². The lowest BCUT2D eigenvalue weighted by Gasteiger charge is -2.33. The molecule has 1 aliphatic heterocycles. The van der Waals surface area contributed by atoms with E-state index in [1.54, 1.807) is 18.3 Å². The second kappa shape index (κ2) is 19.6. The molecule has 22 nitrogen and oxygen atoms in total. The zero-order chi connectivity index (χ0) is 44.5. The van der Waals surface area contributed by atoms with E-state index >= 15 is 0 Å². The second-order valence-corrected chi connectivity index (χ2v) is 13.1. The van der Waals surface area contributed by atoms with Gasteiger partial charge in [-0.2, -0.15) is 13.2 Å². The Kier molecular flexibility index (Phi) is 15.5. The summed E-state index contributed by atoms with van der Waals surface area (Å²) in [5.74, 6) is -6.87. The second-order valence-electron chi connectivity index (χ2n) is 13.1. The van der Waals surface area contributed by atoms with Crippen molar-refractivity contribution in [3.8, 4) is 0 Å². The molecule has 59 heavy (non-hydrogen) atoms. The molecule has 2 aromatic heterocycles. The molecule has 1 saturated heterocycles. The predicted octanol–water partition coefficient (Wildman–Crippen LogP) is -2.08. The predicted molar refractivity (Wildman–Crippen MR) is 196 cm³/mol. The number of rotatable bonds is 13. The average molecular weight is 842 g/mol. The van der Waals surface area contributed by atoms with Crippen molar-refractivity contribution in [1.82, 2.24) is 40.7 Å². The summed E-state index contributed by atoms with van der Waals surface area (Å²) in [5, 5.41) is 48.2. The van der Waals surface area contributed by atoms with Gasteiger partial charge in [-0.1, -0.05) is 18.2 Å². The summed E-state index contributed by atoms with van der Waals surface area (Å²) >= 11 is 0. The number of halogens is 3. The Morgan fingerprint density at radius 3 is 2.20 bits per heavy atom. The number of urea groups is 1. The fraction of sp³-hybridized carbons (Fsp3) is 0.412. The molecule has 3 heterocycles. The SMILES string of the molecule is C[C@H](N)C(=O)N(C)[C@@H](C)[C@H](NC(=O)[C@H](C)NC(=O)N[C@@H](Cc1c[nH]c2ccccc12)C(=O)O)C(=O)N/C=C1\O[C@@H](n2ccc(=O)[nH]c2=O)[C@H](O)[C@@H]1O.O=C(O)C(F)(F)F. The van der Waals surface area contributed by atoms with Gasteiger partial charge in [0.15, 0.2) is 0 Å². The van der Waals surface area contributed by atoms with E-state index < -0.39 is 102 Å². The normalized spacial score (nSPS) is 19.4. The van der Waals surface area contributed by atoms with Gasteiger partial charge in [-0.3, -0.25) is 28.7 Å². The van der Waals surface area contributed by atoms with Gasteiger partial charge in [-0.05, 0) is 32.4 Å². The molecule has 0 spiro atoms. The zero-order valence-electron chi connectivity index (χ0n) is 31.5. The minimum absolute atomic E-state index is 0.0691. The van der Waals surface area contributed by atoms with Crippen LogP contribution in [0.4, 0.5) is 18.0 Å². The van der Waals surface area contributed by atoms with Crippen molar-refractivity contribution in [2.45, 2.75) is 82.0 Å². The Morgan fingerprint density at radius 1 is 1.00 bits per heavy atom. The molecule has 1 aromatic carbocycles. The summed E-state index contributed by atoms with van der Waals surface area (Å²) in [6.07, 6.45) is -6.49. The number of hydrogen-bond donors (Lipinski definition) is 11. The summed E-state index contributed by atoms with van der Waals surface area (Å²) in [5.41, 5.74) is 5.52. The van der Waals surface area contributed by atoms with Crippen LogP contribution in [0, 0.1) is 0 Å². The molecule has 0 bridgehead atoms. The molecule has 4 rings (SSSR count). The highest BCUT2D eigenvalue weighted by atomic mass is 19.4. The molecule has 1 fully saturated rings. The minimum atomic E-state index is -5.08. The Bertz CT molecular complexity index is 2190. The number of nitrogens with two attached hydrogens (primary N) is 1. The van der Waals surface area contributed by atoms with Gasteiger partial charge in [0.25, 0.3) is 5.56 Å². The molecule has 12 N–H and O–H groups in total. The number of aromatic nitrogens is 3. The topological polar surface area (TPSA) is 341 Å². The van der Waals surface area contributed by atoms with Gasteiger partial charge >= 0.3 is 29.8 Å². The summed E-state index contributed by atoms with van der Waals surface area (Å²) in [4.78, 5) is 103. The number of aliphatic hydroxyl groups excluding tert-OH is 2. The Hall–Kier alpha value is -6.73. The Balaban J connectivity index is 0.00000122. The van der Waals surface area contributed by atoms with Crippen LogP contribution < -0.4 is 38.2 Å². The molecular weight excluding hydrogens is 799 g/mol. The van der Waals surface area contributed by atoms with Gasteiger partial charge in [-0.15, -0.1) is 0 Å². The number of para-hydroxylation sites is 1. The van der Waals surface area contributed by atoms with Crippen LogP contribution in [0.3, 0.4) is 0 Å². The number of carboxylic acid groups (broad SMARTS) is 2. The van der Waals surface area contributed by atoms with E-state index in [2.05, 4.69) is 26.3 Å². The maximum atomic E-state index is 13.5. The van der Waals surface area contributed by atoms with E-state index in [1.807, 2.05) is 17.1 Å². The van der Waals surface area contributed by atoms with E-state index in [-0.39, 0.29) is 12.2 Å². The largest absolute Gasteiger partial charge is 0.490 e. The third kappa shape index (κ3) is 12.1. The van der Waals surface area contributed by atoms with Crippen molar-refractivity contribution in [3.63, 3.8) is 0 Å². The number of aromatic amines is 2. The van der Waals surface area contributed by atoms with Crippen LogP contribution in [0.1, 0.15) is 32.6 Å². The van der Waals surface area contributed by atoms with Crippen LogP contribution >= 0.6 is 0 Å². The highest BCUT2D eigenvalue weighted by Crippen LogP contribution is 2.30. The van der Waals surface area contributed by atoms with E-state index in [1.165, 1.54) is 27.8 Å². The smallest absolute Gasteiger partial charge is 0.480 e. The maximum absolute atomic E-state index is 13.5. The number of fused-ring (bicyclic) bond motifs is 1. The molecule has 0 radical (unpaired) electrons. The Labute approximate surface area is 330 Å². The monoisotopic (exact) mass is 841 g/mol. The van der Waals surface area contributed by atoms with Crippen molar-refractivity contribution in [3.05, 3.63) is 81.1 Å². The number of aliphatic hydroxyl groups is 2. The molecular formula is C34H42F3N9O13. The van der Waals surface area contributed by atoms with Gasteiger partial charge in [0.05, 0.1) is 12.1 Å². The molecule has 5 amide bonds. The number of alkyl halides is 3. The van der Waals surface area contributed by atoms with E-state index in [4.69, 9.17) is 20.4 Å². The van der Waals surface area contributed by atoms with Gasteiger partial charge in [0.1, 0.15) is 36.1 Å². The highest BCUT2D eigenvalue weighted by molar-refractivity contribution is 5.93. The number of nitrogens with one attached hydrogen (secondary N) is 6. The average Bonchev–Trinajstić information content (AvgIpc) is 3.70. The van der Waals surface area contributed by atoms with Gasteiger partial charge < -0.3 is 62.0 Å². The maximum Gasteiger partial charge on any atom is 0.490 e. The number of aliphatic carboxylic acids is 2. The van der Waals surface area contributed by atoms with Crippen molar-refractivity contribution in [1.29, 1.82) is 0 Å². The number of nitrogens with zero attached hydrogens (tertiary/aromatic N) is 2. The number of amides is 5. The number of carbonyl (C=O) groups excluding carboxylic acids is 4. The third-order valence-electron chi connectivity index (χ3n) is 8.74. The van der Waals surface area contributed by atoms with Gasteiger partial charge in [0.2, 0.25) is 23.9 Å². The lowest BCUT2D eigenvalue weighted by atomic mass is 10.1. The number of benzene rings is 1. The summed E-state index contributed by atoms with van der Waals surface area (Å²) in [6.45, 7) is 4.14. The first-order valence-corrected chi connectivity index (χ1v) is 17.3. The first kappa shape index (κ1) is 46.7. The minimum Gasteiger partial charge on any atom is -0.480 e. The fourth-order valence-electron chi connectivity index (χ4n) is 5.42. The number of ether oxygens (including phenoxy) is 1. The molecule has 0 saturated carbocycles. The standard InChI is InChI=1S/C32H41N9O11.C2HF3O2/c1-14(33)28(47)40(4)16(3)23(27(46)35-13-21-24(43)25(44)29(52-21)41-10-9-22(42)38-32(41)51)39-26(45)15(2)36-31(50)37-20(30(48)49)11-17-12-34-19-8-6-5-7-18(17)19;3-2(4,5)1(6)7/h5-10,12-16,20,23-25,29,34,43-44H,11,33H2,1-4H3,(H,35,46)(H,39,45)(H,48,49)(H2,36,37,50)(H,38,42,51);(H,6,7)/b21-13-;/t14-,15-,16-,20-,23-,24+,25+,29+;/m0./s1. The third-order valence-corrected chi connectivity index (χ3v) is 8.74. The van der Waals surface area contributed by atoms with Crippen LogP contribution in [0.25, 0.3) is 10.9 Å². The fourth-order valence-corrected chi connectivity index (χ4v) is 5.42. The molecule has 322 valence electrons. The van der Waals surface area contributed by atoms with Gasteiger partial charge in [-0.25, -0.2) is 19.2 Å². The zero-order valence-corrected chi connectivity index (χ0v) is 31.5. The molecule has 0 aliphatic carbocycles. The summed E-state index contributed by atoms with van der Waals surface area (Å²) in [7, 11) is 1.35. The van der Waals surface area contributed by atoms with Crippen LogP contribution in [0.5, 0.6) is 0 Å². The summed E-state index contributed by atoms with van der Waals surface area (Å²) < 4.78 is 38.0. The highest BCUT2D eigenvalue weighted by Gasteiger charge is 2.42. The van der Waals surface area contributed by atoms with Gasteiger partial charge in [0, 0.05) is 49.0 Å². The molecule has 0 unspecified atom stereocenters. The first-order chi connectivity index (χ1) is 27.4. The van der Waals surface area contributed by atoms with E-state index in [9.17, 15) is 62.1 Å². The van der Waals surface area contributed by atoms with Crippen LogP contribution in [-0.2, 0) is 35.1 Å². The van der Waals surface area contributed by atoms with Crippen molar-refractivity contribution >= 4 is 46.6 Å². The lowest BCUT2D eigenvalue weighted by molar-refractivity contribution is -0.192. The summed E-state index contributed by atoms with van der Waals surface area (Å²) in [6, 6.07) is 0.994. The number of hydrogen-bond acceptors (Lipinski definition) is 12. The first-order valence-electron chi connectivity index (χ1n) is 17.3. The lowest BCUT2D eigenvalue weighted by Crippen LogP contribution is -2.61.